The molecular weight excluding hydrogens is 250 g/mol. The van der Waals surface area contributed by atoms with E-state index in [4.69, 9.17) is 5.11 Å². The summed E-state index contributed by atoms with van der Waals surface area (Å²) in [6.45, 7) is 1.87. The number of aliphatic carboxylic acids is 1. The lowest BCUT2D eigenvalue weighted by Crippen LogP contribution is -2.27. The van der Waals surface area contributed by atoms with Gasteiger partial charge in [-0.1, -0.05) is 30.3 Å². The summed E-state index contributed by atoms with van der Waals surface area (Å²) in [5, 5.41) is 12.0. The molecule has 0 bridgehead atoms. The third-order valence-corrected chi connectivity index (χ3v) is 4.29. The van der Waals surface area contributed by atoms with Crippen LogP contribution in [0.15, 0.2) is 30.3 Å². The van der Waals surface area contributed by atoms with Crippen LogP contribution in [0, 0.1) is 5.92 Å². The van der Waals surface area contributed by atoms with Crippen LogP contribution in [0.5, 0.6) is 0 Å². The zero-order valence-electron chi connectivity index (χ0n) is 12.1. The molecule has 0 radical (unpaired) electrons. The summed E-state index contributed by atoms with van der Waals surface area (Å²) < 4.78 is 0. The summed E-state index contributed by atoms with van der Waals surface area (Å²) in [7, 11) is 0. The summed E-state index contributed by atoms with van der Waals surface area (Å²) in [5.41, 5.74) is 1.49. The molecule has 1 fully saturated rings. The van der Waals surface area contributed by atoms with Crippen molar-refractivity contribution in [2.45, 2.75) is 44.4 Å². The largest absolute Gasteiger partial charge is 0.481 e. The summed E-state index contributed by atoms with van der Waals surface area (Å²) in [6.07, 6.45) is 6.14. The minimum Gasteiger partial charge on any atom is -0.481 e. The van der Waals surface area contributed by atoms with E-state index in [-0.39, 0.29) is 6.42 Å². The third kappa shape index (κ3) is 4.97. The first-order chi connectivity index (χ1) is 9.75. The van der Waals surface area contributed by atoms with Gasteiger partial charge in [0, 0.05) is 6.42 Å². The van der Waals surface area contributed by atoms with Crippen LogP contribution in [0.2, 0.25) is 0 Å². The average Bonchev–Trinajstić information content (AvgIpc) is 2.48. The van der Waals surface area contributed by atoms with E-state index in [1.807, 2.05) is 0 Å². The molecule has 0 aromatic heterocycles. The number of benzene rings is 1. The van der Waals surface area contributed by atoms with E-state index in [1.165, 1.54) is 31.2 Å². The highest BCUT2D eigenvalue weighted by molar-refractivity contribution is 5.66. The molecule has 0 unspecified atom stereocenters. The quantitative estimate of drug-likeness (QED) is 0.750. The molecule has 0 saturated heterocycles. The first-order valence-electron chi connectivity index (χ1n) is 7.73. The van der Waals surface area contributed by atoms with Crippen molar-refractivity contribution in [2.24, 2.45) is 5.92 Å². The Kier molecular flexibility index (Phi) is 6.06. The Balaban J connectivity index is 1.61. The molecule has 3 heteroatoms. The molecule has 0 aliphatic heterocycles. The molecule has 1 saturated carbocycles. The maximum Gasteiger partial charge on any atom is 0.303 e. The van der Waals surface area contributed by atoms with Crippen molar-refractivity contribution in [3.8, 4) is 0 Å². The van der Waals surface area contributed by atoms with E-state index in [0.29, 0.717) is 0 Å². The lowest BCUT2D eigenvalue weighted by Gasteiger charge is -2.29. The number of nitrogens with one attached hydrogen (secondary N) is 1. The van der Waals surface area contributed by atoms with Crippen molar-refractivity contribution < 1.29 is 9.90 Å². The Bertz CT molecular complexity index is 397. The minimum atomic E-state index is -0.699. The maximum absolute atomic E-state index is 10.4. The first kappa shape index (κ1) is 15.0. The van der Waals surface area contributed by atoms with E-state index in [9.17, 15) is 4.79 Å². The zero-order valence-corrected chi connectivity index (χ0v) is 12.1. The highest BCUT2D eigenvalue weighted by Crippen LogP contribution is 2.35. The Labute approximate surface area is 121 Å². The van der Waals surface area contributed by atoms with Crippen LogP contribution in [0.4, 0.5) is 0 Å². The van der Waals surface area contributed by atoms with Gasteiger partial charge in [0.15, 0.2) is 0 Å². The molecule has 0 spiro atoms. The average molecular weight is 275 g/mol. The lowest BCUT2D eigenvalue weighted by molar-refractivity contribution is -0.137. The lowest BCUT2D eigenvalue weighted by atomic mass is 9.79. The normalized spacial score (nSPS) is 22.6. The van der Waals surface area contributed by atoms with Gasteiger partial charge in [0.1, 0.15) is 0 Å². The molecule has 3 nitrogen and oxygen atoms in total. The van der Waals surface area contributed by atoms with Gasteiger partial charge in [-0.3, -0.25) is 4.79 Å². The number of carboxylic acid groups (broad SMARTS) is 1. The summed E-state index contributed by atoms with van der Waals surface area (Å²) in [6, 6.07) is 10.8. The van der Waals surface area contributed by atoms with Gasteiger partial charge in [-0.25, -0.2) is 0 Å². The standard InChI is InChI=1S/C17H25NO2/c19-17(20)7-4-12-18-13-14-8-10-16(11-9-14)15-5-2-1-3-6-15/h1-3,5-6,14,16,18H,4,7-13H2,(H,19,20). The summed E-state index contributed by atoms with van der Waals surface area (Å²) >= 11 is 0. The molecule has 1 aliphatic carbocycles. The van der Waals surface area contributed by atoms with Gasteiger partial charge in [-0.05, 0) is 62.6 Å². The van der Waals surface area contributed by atoms with E-state index < -0.39 is 5.97 Å². The topological polar surface area (TPSA) is 49.3 Å². The van der Waals surface area contributed by atoms with Gasteiger partial charge < -0.3 is 10.4 Å². The van der Waals surface area contributed by atoms with Crippen LogP contribution in [0.25, 0.3) is 0 Å². The van der Waals surface area contributed by atoms with Gasteiger partial charge in [0.2, 0.25) is 0 Å². The molecule has 1 aromatic rings. The van der Waals surface area contributed by atoms with Crippen LogP contribution in [0.1, 0.15) is 50.0 Å². The van der Waals surface area contributed by atoms with Crippen molar-refractivity contribution in [3.05, 3.63) is 35.9 Å². The molecule has 2 rings (SSSR count). The molecular formula is C17H25NO2. The van der Waals surface area contributed by atoms with Crippen molar-refractivity contribution >= 4 is 5.97 Å². The molecule has 2 N–H and O–H groups in total. The van der Waals surface area contributed by atoms with Crippen LogP contribution >= 0.6 is 0 Å². The van der Waals surface area contributed by atoms with E-state index >= 15 is 0 Å². The first-order valence-corrected chi connectivity index (χ1v) is 7.73. The highest BCUT2D eigenvalue weighted by Gasteiger charge is 2.21. The molecule has 0 atom stereocenters. The second-order valence-corrected chi connectivity index (χ2v) is 5.83. The Morgan fingerprint density at radius 3 is 2.50 bits per heavy atom. The summed E-state index contributed by atoms with van der Waals surface area (Å²) in [5.74, 6) is 0.800. The molecule has 1 aliphatic rings. The Morgan fingerprint density at radius 1 is 1.15 bits per heavy atom. The van der Waals surface area contributed by atoms with Crippen LogP contribution in [-0.2, 0) is 4.79 Å². The Morgan fingerprint density at radius 2 is 1.85 bits per heavy atom. The molecule has 110 valence electrons. The number of carboxylic acids is 1. The predicted molar refractivity (Wildman–Crippen MR) is 80.9 cm³/mol. The fraction of sp³-hybridized carbons (Fsp3) is 0.588. The van der Waals surface area contributed by atoms with Crippen LogP contribution in [-0.4, -0.2) is 24.2 Å². The van der Waals surface area contributed by atoms with Crippen molar-refractivity contribution in [1.82, 2.24) is 5.32 Å². The molecule has 1 aromatic carbocycles. The second kappa shape index (κ2) is 8.05. The van der Waals surface area contributed by atoms with E-state index in [1.54, 1.807) is 0 Å². The fourth-order valence-corrected chi connectivity index (χ4v) is 3.10. The number of hydrogen-bond acceptors (Lipinski definition) is 2. The molecule has 0 amide bonds. The Hall–Kier alpha value is -1.35. The third-order valence-electron chi connectivity index (χ3n) is 4.29. The van der Waals surface area contributed by atoms with E-state index in [0.717, 1.165) is 31.3 Å². The highest BCUT2D eigenvalue weighted by atomic mass is 16.4. The minimum absolute atomic E-state index is 0.272. The predicted octanol–water partition coefficient (Wildman–Crippen LogP) is 3.41. The smallest absolute Gasteiger partial charge is 0.303 e. The monoisotopic (exact) mass is 275 g/mol. The number of carbonyl (C=O) groups is 1. The van der Waals surface area contributed by atoms with Crippen molar-refractivity contribution in [3.63, 3.8) is 0 Å². The fourth-order valence-electron chi connectivity index (χ4n) is 3.10. The SMILES string of the molecule is O=C(O)CCCNCC1CCC(c2ccccc2)CC1. The van der Waals surface area contributed by atoms with E-state index in [2.05, 4.69) is 35.6 Å². The van der Waals surface area contributed by atoms with Crippen molar-refractivity contribution in [2.75, 3.05) is 13.1 Å². The van der Waals surface area contributed by atoms with Gasteiger partial charge in [-0.15, -0.1) is 0 Å². The summed E-state index contributed by atoms with van der Waals surface area (Å²) in [4.78, 5) is 10.4. The second-order valence-electron chi connectivity index (χ2n) is 5.83. The van der Waals surface area contributed by atoms with Crippen molar-refractivity contribution in [1.29, 1.82) is 0 Å². The number of hydrogen-bond donors (Lipinski definition) is 2. The molecule has 0 heterocycles. The zero-order chi connectivity index (χ0) is 14.2. The van der Waals surface area contributed by atoms with Gasteiger partial charge in [0.25, 0.3) is 0 Å². The molecule has 20 heavy (non-hydrogen) atoms. The van der Waals surface area contributed by atoms with Gasteiger partial charge in [0.05, 0.1) is 0 Å². The van der Waals surface area contributed by atoms with Gasteiger partial charge in [-0.2, -0.15) is 0 Å². The van der Waals surface area contributed by atoms with Gasteiger partial charge >= 0.3 is 5.97 Å². The maximum atomic E-state index is 10.4. The van der Waals surface area contributed by atoms with Crippen LogP contribution < -0.4 is 5.32 Å². The van der Waals surface area contributed by atoms with Crippen LogP contribution in [0.3, 0.4) is 0 Å². The number of rotatable bonds is 7.